The summed E-state index contributed by atoms with van der Waals surface area (Å²) in [6.07, 6.45) is 5.41. The first-order chi connectivity index (χ1) is 15.3. The first-order valence-corrected chi connectivity index (χ1v) is 12.1. The van der Waals surface area contributed by atoms with Gasteiger partial charge in [0.25, 0.3) is 15.7 Å². The predicted molar refractivity (Wildman–Crippen MR) is 123 cm³/mol. The van der Waals surface area contributed by atoms with E-state index >= 15 is 0 Å². The summed E-state index contributed by atoms with van der Waals surface area (Å²) in [6, 6.07) is 14.6. The van der Waals surface area contributed by atoms with Crippen LogP contribution < -0.4 is 10.3 Å². The Hall–Kier alpha value is -2.94. The lowest BCUT2D eigenvalue weighted by Crippen LogP contribution is -2.27. The molecular weight excluding hydrogens is 452 g/mol. The molecule has 0 fully saturated rings. The lowest BCUT2D eigenvalue weighted by molar-refractivity contribution is 0.308. The van der Waals surface area contributed by atoms with Crippen LogP contribution in [0.4, 0.5) is 0 Å². The van der Waals surface area contributed by atoms with Crippen molar-refractivity contribution in [2.45, 2.75) is 19.6 Å². The Kier molecular flexibility index (Phi) is 6.45. The van der Waals surface area contributed by atoms with Gasteiger partial charge in [0, 0.05) is 22.6 Å². The molecule has 7 nitrogen and oxygen atoms in total. The monoisotopic (exact) mass is 472 g/mol. The van der Waals surface area contributed by atoms with Crippen molar-refractivity contribution in [2.75, 3.05) is 12.9 Å². The Morgan fingerprint density at radius 2 is 1.97 bits per heavy atom. The number of aromatic nitrogens is 2. The Balaban J connectivity index is 1.68. The minimum atomic E-state index is -3.70. The number of nitrogens with zero attached hydrogens (tertiary/aromatic N) is 2. The highest BCUT2D eigenvalue weighted by Gasteiger charge is 2.16. The van der Waals surface area contributed by atoms with Crippen molar-refractivity contribution >= 4 is 27.8 Å². The van der Waals surface area contributed by atoms with Crippen molar-refractivity contribution < 1.29 is 17.3 Å². The molecule has 0 saturated heterocycles. The van der Waals surface area contributed by atoms with Crippen molar-refractivity contribution in [1.29, 1.82) is 0 Å². The maximum absolute atomic E-state index is 12.9. The second kappa shape index (κ2) is 9.28. The van der Waals surface area contributed by atoms with Crippen molar-refractivity contribution in [3.8, 4) is 17.0 Å². The molecule has 0 saturated carbocycles. The molecule has 0 aliphatic carbocycles. The number of hydrogen-bond donors (Lipinski definition) is 0. The van der Waals surface area contributed by atoms with Gasteiger partial charge in [0.15, 0.2) is 0 Å². The zero-order valence-corrected chi connectivity index (χ0v) is 18.9. The molecule has 0 atom stereocenters. The molecule has 9 heteroatoms. The van der Waals surface area contributed by atoms with Gasteiger partial charge in [-0.15, -0.1) is 0 Å². The number of fused-ring (bicyclic) bond motifs is 1. The molecule has 0 radical (unpaired) electrons. The van der Waals surface area contributed by atoms with E-state index in [0.29, 0.717) is 17.3 Å². The molecule has 0 unspecified atom stereocenters. The van der Waals surface area contributed by atoms with Gasteiger partial charge >= 0.3 is 0 Å². The van der Waals surface area contributed by atoms with Crippen LogP contribution >= 0.6 is 11.6 Å². The quantitative estimate of drug-likeness (QED) is 0.487. The SMILES string of the molecule is CS(=O)(=O)OCc1cc(-c2ccc3c(c2)CCO3)nn(C/C=C/c2ccc(Cl)cc2)c1=O. The summed E-state index contributed by atoms with van der Waals surface area (Å²) in [4.78, 5) is 12.9. The highest BCUT2D eigenvalue weighted by Crippen LogP contribution is 2.29. The van der Waals surface area contributed by atoms with Crippen LogP contribution in [0.1, 0.15) is 16.7 Å². The van der Waals surface area contributed by atoms with Gasteiger partial charge < -0.3 is 4.74 Å². The van der Waals surface area contributed by atoms with Crippen LogP contribution in [0.3, 0.4) is 0 Å². The normalized spacial score (nSPS) is 13.3. The van der Waals surface area contributed by atoms with Crippen LogP contribution in [-0.2, 0) is 33.9 Å². The molecule has 2 aromatic carbocycles. The van der Waals surface area contributed by atoms with Crippen molar-refractivity contribution in [3.63, 3.8) is 0 Å². The van der Waals surface area contributed by atoms with Gasteiger partial charge in [0.2, 0.25) is 0 Å². The third-order valence-corrected chi connectivity index (χ3v) is 5.72. The summed E-state index contributed by atoms with van der Waals surface area (Å²) in [5, 5.41) is 5.15. The highest BCUT2D eigenvalue weighted by atomic mass is 35.5. The zero-order valence-electron chi connectivity index (χ0n) is 17.3. The van der Waals surface area contributed by atoms with Gasteiger partial charge in [-0.2, -0.15) is 13.5 Å². The summed E-state index contributed by atoms with van der Waals surface area (Å²) in [5.74, 6) is 0.841. The summed E-state index contributed by atoms with van der Waals surface area (Å²) < 4.78 is 34.6. The molecule has 0 amide bonds. The van der Waals surface area contributed by atoms with Crippen molar-refractivity contribution in [3.05, 3.63) is 86.7 Å². The second-order valence-electron chi connectivity index (χ2n) is 7.38. The topological polar surface area (TPSA) is 87.5 Å². The number of allylic oxidation sites excluding steroid dienone is 1. The fourth-order valence-electron chi connectivity index (χ4n) is 3.34. The maximum atomic E-state index is 12.9. The van der Waals surface area contributed by atoms with Crippen LogP contribution in [0, 0.1) is 0 Å². The van der Waals surface area contributed by atoms with E-state index in [0.717, 1.165) is 35.1 Å². The standard InChI is InChI=1S/C23H21ClN2O5S/c1-32(28,29)31-15-19-14-21(17-6-9-22-18(13-17)10-12-30-22)25-26(23(19)27)11-2-3-16-4-7-20(24)8-5-16/h2-9,13-14H,10-12,15H2,1H3/b3-2+. The van der Waals surface area contributed by atoms with E-state index in [-0.39, 0.29) is 18.7 Å². The highest BCUT2D eigenvalue weighted by molar-refractivity contribution is 7.85. The fraction of sp³-hybridized carbons (Fsp3) is 0.217. The number of hydrogen-bond acceptors (Lipinski definition) is 6. The lowest BCUT2D eigenvalue weighted by Gasteiger charge is -2.10. The van der Waals surface area contributed by atoms with Gasteiger partial charge in [-0.05, 0) is 47.5 Å². The molecule has 0 bridgehead atoms. The van der Waals surface area contributed by atoms with E-state index in [1.807, 2.05) is 36.4 Å². The van der Waals surface area contributed by atoms with Crippen molar-refractivity contribution in [2.24, 2.45) is 0 Å². The Morgan fingerprint density at radius 3 is 2.72 bits per heavy atom. The van der Waals surface area contributed by atoms with Gasteiger partial charge in [-0.3, -0.25) is 8.98 Å². The van der Waals surface area contributed by atoms with Crippen LogP contribution in [0.25, 0.3) is 17.3 Å². The number of ether oxygens (including phenoxy) is 1. The fourth-order valence-corrected chi connectivity index (χ4v) is 3.81. The van der Waals surface area contributed by atoms with E-state index in [4.69, 9.17) is 20.5 Å². The minimum absolute atomic E-state index is 0.204. The molecule has 166 valence electrons. The number of rotatable bonds is 7. The Bertz CT molecular complexity index is 1330. The molecule has 3 aromatic rings. The van der Waals surface area contributed by atoms with E-state index < -0.39 is 15.7 Å². The number of benzene rings is 2. The van der Waals surface area contributed by atoms with Gasteiger partial charge in [-0.1, -0.05) is 35.9 Å². The van der Waals surface area contributed by atoms with Gasteiger partial charge in [0.05, 0.1) is 31.7 Å². The first-order valence-electron chi connectivity index (χ1n) is 9.92. The number of halogens is 1. The average molecular weight is 473 g/mol. The van der Waals surface area contributed by atoms with E-state index in [9.17, 15) is 13.2 Å². The predicted octanol–water partition coefficient (Wildman–Crippen LogP) is 3.69. The van der Waals surface area contributed by atoms with Crippen LogP contribution in [0.5, 0.6) is 5.75 Å². The smallest absolute Gasteiger partial charge is 0.272 e. The Morgan fingerprint density at radius 1 is 1.19 bits per heavy atom. The molecule has 1 aliphatic heterocycles. The maximum Gasteiger partial charge on any atom is 0.272 e. The van der Waals surface area contributed by atoms with Crippen LogP contribution in [0.2, 0.25) is 5.02 Å². The zero-order chi connectivity index (χ0) is 22.7. The molecule has 0 N–H and O–H groups in total. The molecular formula is C23H21ClN2O5S. The summed E-state index contributed by atoms with van der Waals surface area (Å²) >= 11 is 5.91. The van der Waals surface area contributed by atoms with Gasteiger partial charge in [0.1, 0.15) is 5.75 Å². The molecule has 32 heavy (non-hydrogen) atoms. The average Bonchev–Trinajstić information content (AvgIpc) is 3.22. The van der Waals surface area contributed by atoms with E-state index in [1.54, 1.807) is 24.3 Å². The summed E-state index contributed by atoms with van der Waals surface area (Å²) in [5.41, 5.74) is 3.15. The summed E-state index contributed by atoms with van der Waals surface area (Å²) in [6.45, 7) is 0.478. The molecule has 2 heterocycles. The summed E-state index contributed by atoms with van der Waals surface area (Å²) in [7, 11) is -3.70. The van der Waals surface area contributed by atoms with E-state index in [1.165, 1.54) is 4.68 Å². The van der Waals surface area contributed by atoms with Crippen molar-refractivity contribution in [1.82, 2.24) is 9.78 Å². The largest absolute Gasteiger partial charge is 0.493 e. The second-order valence-corrected chi connectivity index (χ2v) is 9.46. The molecule has 1 aromatic heterocycles. The van der Waals surface area contributed by atoms with Crippen LogP contribution in [0.15, 0.2) is 59.4 Å². The van der Waals surface area contributed by atoms with E-state index in [2.05, 4.69) is 5.10 Å². The minimum Gasteiger partial charge on any atom is -0.493 e. The van der Waals surface area contributed by atoms with Gasteiger partial charge in [-0.25, -0.2) is 4.68 Å². The molecule has 1 aliphatic rings. The third-order valence-electron chi connectivity index (χ3n) is 4.92. The third kappa shape index (κ3) is 5.45. The molecule has 0 spiro atoms. The first kappa shape index (κ1) is 22.3. The molecule has 4 rings (SSSR count). The lowest BCUT2D eigenvalue weighted by atomic mass is 10.1. The van der Waals surface area contributed by atoms with Crippen LogP contribution in [-0.4, -0.2) is 31.1 Å². The Labute approximate surface area is 191 Å².